The van der Waals surface area contributed by atoms with Gasteiger partial charge in [-0.25, -0.2) is 21.1 Å². The van der Waals surface area contributed by atoms with Crippen molar-refractivity contribution < 1.29 is 16.8 Å². The first-order valence-corrected chi connectivity index (χ1v) is 9.68. The Kier molecular flexibility index (Phi) is 8.00. The number of nitrogens with zero attached hydrogens (tertiary/aromatic N) is 1. The van der Waals surface area contributed by atoms with Gasteiger partial charge >= 0.3 is 0 Å². The van der Waals surface area contributed by atoms with Crippen LogP contribution in [0.3, 0.4) is 0 Å². The minimum Gasteiger partial charge on any atom is -0.317 e. The second-order valence-electron chi connectivity index (χ2n) is 4.33. The molecule has 0 heterocycles. The highest BCUT2D eigenvalue weighted by Crippen LogP contribution is 2.02. The van der Waals surface area contributed by atoms with Gasteiger partial charge in [0.05, 0.1) is 11.5 Å². The van der Waals surface area contributed by atoms with Crippen molar-refractivity contribution in [1.82, 2.24) is 9.62 Å². The molecule has 0 aromatic carbocycles. The zero-order valence-corrected chi connectivity index (χ0v) is 13.0. The molecule has 0 rings (SSSR count). The predicted octanol–water partition coefficient (Wildman–Crippen LogP) is -0.318. The molecule has 0 atom stereocenters. The maximum absolute atomic E-state index is 11.8. The van der Waals surface area contributed by atoms with Crippen molar-refractivity contribution >= 4 is 19.9 Å². The van der Waals surface area contributed by atoms with E-state index in [9.17, 15) is 16.8 Å². The van der Waals surface area contributed by atoms with Gasteiger partial charge in [-0.05, 0) is 25.9 Å². The van der Waals surface area contributed by atoms with Crippen molar-refractivity contribution in [1.29, 1.82) is 0 Å². The Hall–Kier alpha value is -0.180. The Morgan fingerprint density at radius 3 is 2.17 bits per heavy atom. The fourth-order valence-electron chi connectivity index (χ4n) is 1.30. The second kappa shape index (κ2) is 8.08. The van der Waals surface area contributed by atoms with Gasteiger partial charge in [-0.2, -0.15) is 0 Å². The molecule has 0 unspecified atom stereocenters. The highest BCUT2D eigenvalue weighted by molar-refractivity contribution is 7.91. The maximum Gasteiger partial charge on any atom is 0.213 e. The number of hydrogen-bond donors (Lipinski definition) is 1. The Morgan fingerprint density at radius 2 is 1.67 bits per heavy atom. The molecule has 0 aromatic heterocycles. The van der Waals surface area contributed by atoms with E-state index < -0.39 is 19.9 Å². The van der Waals surface area contributed by atoms with Crippen LogP contribution in [-0.2, 0) is 19.9 Å². The van der Waals surface area contributed by atoms with Crippen molar-refractivity contribution in [2.24, 2.45) is 0 Å². The van der Waals surface area contributed by atoms with Crippen LogP contribution in [0.4, 0.5) is 0 Å². The third-order valence-corrected chi connectivity index (χ3v) is 5.37. The minimum atomic E-state index is -3.33. The van der Waals surface area contributed by atoms with Crippen molar-refractivity contribution in [3.05, 3.63) is 0 Å². The molecule has 0 aromatic rings. The summed E-state index contributed by atoms with van der Waals surface area (Å²) in [6.45, 7) is 3.70. The molecule has 0 aliphatic rings. The molecule has 6 nitrogen and oxygen atoms in total. The van der Waals surface area contributed by atoms with Gasteiger partial charge in [0, 0.05) is 19.8 Å². The predicted molar refractivity (Wildman–Crippen MR) is 73.9 cm³/mol. The molecule has 0 aliphatic carbocycles. The van der Waals surface area contributed by atoms with Crippen LogP contribution in [0.15, 0.2) is 0 Å². The number of nitrogens with one attached hydrogen (secondary N) is 1. The Bertz CT molecular complexity index is 417. The molecule has 0 fully saturated rings. The van der Waals surface area contributed by atoms with Crippen molar-refractivity contribution in [2.45, 2.75) is 19.8 Å². The highest BCUT2D eigenvalue weighted by atomic mass is 32.2. The van der Waals surface area contributed by atoms with Crippen LogP contribution in [0, 0.1) is 0 Å². The van der Waals surface area contributed by atoms with Crippen LogP contribution in [-0.4, -0.2) is 65.6 Å². The highest BCUT2D eigenvalue weighted by Gasteiger charge is 2.18. The summed E-state index contributed by atoms with van der Waals surface area (Å²) in [5.41, 5.74) is 0. The van der Waals surface area contributed by atoms with Crippen LogP contribution in [0.25, 0.3) is 0 Å². The number of sulfone groups is 1. The first-order valence-electron chi connectivity index (χ1n) is 6.01. The van der Waals surface area contributed by atoms with Crippen LogP contribution in [0.1, 0.15) is 19.8 Å². The summed E-state index contributed by atoms with van der Waals surface area (Å²) >= 11 is 0. The van der Waals surface area contributed by atoms with Gasteiger partial charge in [0.1, 0.15) is 9.84 Å². The molecular formula is C10H24N2O4S2. The summed E-state index contributed by atoms with van der Waals surface area (Å²) in [5.74, 6) is -0.0707. The summed E-state index contributed by atoms with van der Waals surface area (Å²) in [7, 11) is -5.04. The monoisotopic (exact) mass is 300 g/mol. The molecule has 8 heteroatoms. The zero-order valence-electron chi connectivity index (χ0n) is 11.3. The van der Waals surface area contributed by atoms with E-state index in [1.54, 1.807) is 0 Å². The molecule has 0 radical (unpaired) electrons. The quantitative estimate of drug-likeness (QED) is 0.559. The number of hydrogen-bond acceptors (Lipinski definition) is 5. The number of sulfonamides is 1. The molecule has 0 amide bonds. The largest absolute Gasteiger partial charge is 0.317 e. The van der Waals surface area contributed by atoms with E-state index in [4.69, 9.17) is 0 Å². The van der Waals surface area contributed by atoms with Crippen LogP contribution in [0.5, 0.6) is 0 Å². The Balaban J connectivity index is 4.04. The summed E-state index contributed by atoms with van der Waals surface area (Å²) in [6.07, 6.45) is 2.48. The molecule has 0 saturated carbocycles. The Labute approximate surface area is 111 Å². The van der Waals surface area contributed by atoms with Gasteiger partial charge in [-0.15, -0.1) is 0 Å². The lowest BCUT2D eigenvalue weighted by Crippen LogP contribution is -2.33. The van der Waals surface area contributed by atoms with Crippen molar-refractivity contribution in [2.75, 3.05) is 44.4 Å². The summed E-state index contributed by atoms with van der Waals surface area (Å²) in [5, 5.41) is 3.12. The normalized spacial score (nSPS) is 13.1. The smallest absolute Gasteiger partial charge is 0.213 e. The van der Waals surface area contributed by atoms with Gasteiger partial charge in [0.15, 0.2) is 0 Å². The average molecular weight is 300 g/mol. The van der Waals surface area contributed by atoms with Crippen LogP contribution in [0.2, 0.25) is 0 Å². The molecule has 18 heavy (non-hydrogen) atoms. The zero-order chi connectivity index (χ0) is 14.2. The molecule has 0 spiro atoms. The first-order chi connectivity index (χ1) is 8.19. The molecule has 110 valence electrons. The van der Waals surface area contributed by atoms with Gasteiger partial charge in [-0.3, -0.25) is 0 Å². The van der Waals surface area contributed by atoms with E-state index >= 15 is 0 Å². The molecule has 0 aliphatic heterocycles. The van der Waals surface area contributed by atoms with E-state index in [1.165, 1.54) is 7.05 Å². The third-order valence-electron chi connectivity index (χ3n) is 2.51. The van der Waals surface area contributed by atoms with E-state index in [2.05, 4.69) is 5.32 Å². The van der Waals surface area contributed by atoms with Gasteiger partial charge in [-0.1, -0.05) is 6.92 Å². The standard InChI is InChI=1S/C10H24N2O4S2/c1-4-11-7-5-6-9-18(15,16)12(2)8-10-17(3,13)14/h11H,4-10H2,1-3H3. The fraction of sp³-hybridized carbons (Fsp3) is 1.00. The third kappa shape index (κ3) is 8.84. The second-order valence-corrected chi connectivity index (χ2v) is 8.78. The van der Waals surface area contributed by atoms with Gasteiger partial charge in [0.2, 0.25) is 10.0 Å². The molecule has 0 saturated heterocycles. The van der Waals surface area contributed by atoms with Crippen LogP contribution < -0.4 is 5.32 Å². The van der Waals surface area contributed by atoms with E-state index in [0.29, 0.717) is 6.42 Å². The molecular weight excluding hydrogens is 276 g/mol. The fourth-order valence-corrected chi connectivity index (χ4v) is 3.27. The van der Waals surface area contributed by atoms with E-state index in [0.717, 1.165) is 30.1 Å². The maximum atomic E-state index is 11.8. The summed E-state index contributed by atoms with van der Waals surface area (Å²) < 4.78 is 46.6. The lowest BCUT2D eigenvalue weighted by atomic mass is 10.3. The topological polar surface area (TPSA) is 83.6 Å². The molecule has 1 N–H and O–H groups in total. The average Bonchev–Trinajstić information content (AvgIpc) is 2.24. The lowest BCUT2D eigenvalue weighted by molar-refractivity contribution is 0.482. The molecule has 0 bridgehead atoms. The van der Waals surface area contributed by atoms with Crippen LogP contribution >= 0.6 is 0 Å². The minimum absolute atomic E-state index is 0.0222. The Morgan fingerprint density at radius 1 is 1.06 bits per heavy atom. The number of rotatable bonds is 10. The van der Waals surface area contributed by atoms with Gasteiger partial charge < -0.3 is 5.32 Å². The first kappa shape index (κ1) is 17.8. The van der Waals surface area contributed by atoms with Crippen molar-refractivity contribution in [3.63, 3.8) is 0 Å². The summed E-state index contributed by atoms with van der Waals surface area (Å²) in [6, 6.07) is 0. The van der Waals surface area contributed by atoms with E-state index in [1.807, 2.05) is 6.92 Å². The van der Waals surface area contributed by atoms with Gasteiger partial charge in [0.25, 0.3) is 0 Å². The lowest BCUT2D eigenvalue weighted by Gasteiger charge is -2.16. The van der Waals surface area contributed by atoms with E-state index in [-0.39, 0.29) is 18.1 Å². The summed E-state index contributed by atoms with van der Waals surface area (Å²) in [4.78, 5) is 0. The number of unbranched alkanes of at least 4 members (excludes halogenated alkanes) is 1. The van der Waals surface area contributed by atoms with Crippen molar-refractivity contribution in [3.8, 4) is 0 Å². The SMILES string of the molecule is CCNCCCCS(=O)(=O)N(C)CCS(C)(=O)=O.